The van der Waals surface area contributed by atoms with Crippen molar-refractivity contribution in [2.75, 3.05) is 0 Å². The molecule has 0 spiro atoms. The predicted molar refractivity (Wildman–Crippen MR) is 71.3 cm³/mol. The van der Waals surface area contributed by atoms with Crippen molar-refractivity contribution >= 4 is 21.7 Å². The Morgan fingerprint density at radius 2 is 1.82 bits per heavy atom. The highest BCUT2D eigenvalue weighted by molar-refractivity contribution is 9.10. The second-order valence-electron chi connectivity index (χ2n) is 3.98. The van der Waals surface area contributed by atoms with Gasteiger partial charge >= 0.3 is 0 Å². The molecule has 0 aliphatic rings. The predicted octanol–water partition coefficient (Wildman–Crippen LogP) is 3.69. The zero-order chi connectivity index (χ0) is 12.4. The molecule has 3 heteroatoms. The Balaban J connectivity index is 2.51. The third-order valence-corrected chi connectivity index (χ3v) is 3.22. The first-order chi connectivity index (χ1) is 8.09. The summed E-state index contributed by atoms with van der Waals surface area (Å²) >= 11 is 3.39. The topological polar surface area (TPSA) is 30.0 Å². The molecule has 1 aromatic heterocycles. The van der Waals surface area contributed by atoms with E-state index < -0.39 is 0 Å². The highest BCUT2D eigenvalue weighted by atomic mass is 79.9. The number of benzene rings is 1. The van der Waals surface area contributed by atoms with Crippen LogP contribution in [-0.4, -0.2) is 10.8 Å². The number of pyridine rings is 1. The molecule has 2 nitrogen and oxygen atoms in total. The van der Waals surface area contributed by atoms with E-state index in [0.29, 0.717) is 5.56 Å². The SMILES string of the molecule is Cc1ccncc1C(=O)c1cc(Br)ccc1C. The van der Waals surface area contributed by atoms with Gasteiger partial charge in [0.05, 0.1) is 0 Å². The van der Waals surface area contributed by atoms with Crippen LogP contribution in [0.4, 0.5) is 0 Å². The Hall–Kier alpha value is -1.48. The number of aryl methyl sites for hydroxylation is 2. The fourth-order valence-corrected chi connectivity index (χ4v) is 2.05. The van der Waals surface area contributed by atoms with Crippen molar-refractivity contribution in [1.29, 1.82) is 0 Å². The van der Waals surface area contributed by atoms with Crippen LogP contribution < -0.4 is 0 Å². The molecule has 17 heavy (non-hydrogen) atoms. The van der Waals surface area contributed by atoms with Crippen LogP contribution in [0.5, 0.6) is 0 Å². The molecule has 2 aromatic rings. The first-order valence-corrected chi connectivity index (χ1v) is 6.10. The monoisotopic (exact) mass is 289 g/mol. The maximum Gasteiger partial charge on any atom is 0.195 e. The van der Waals surface area contributed by atoms with Gasteiger partial charge < -0.3 is 0 Å². The lowest BCUT2D eigenvalue weighted by Crippen LogP contribution is -2.06. The van der Waals surface area contributed by atoms with Gasteiger partial charge in [0.25, 0.3) is 0 Å². The van der Waals surface area contributed by atoms with Gasteiger partial charge in [0.15, 0.2) is 5.78 Å². The highest BCUT2D eigenvalue weighted by Gasteiger charge is 2.14. The zero-order valence-electron chi connectivity index (χ0n) is 9.70. The second kappa shape index (κ2) is 4.80. The average Bonchev–Trinajstić information content (AvgIpc) is 2.32. The number of nitrogens with zero attached hydrogens (tertiary/aromatic N) is 1. The summed E-state index contributed by atoms with van der Waals surface area (Å²) in [7, 11) is 0. The van der Waals surface area contributed by atoms with Gasteiger partial charge in [0, 0.05) is 28.0 Å². The Morgan fingerprint density at radius 1 is 1.12 bits per heavy atom. The number of ketones is 1. The van der Waals surface area contributed by atoms with Gasteiger partial charge in [-0.2, -0.15) is 0 Å². The van der Waals surface area contributed by atoms with E-state index in [9.17, 15) is 4.79 Å². The van der Waals surface area contributed by atoms with E-state index >= 15 is 0 Å². The number of rotatable bonds is 2. The van der Waals surface area contributed by atoms with Crippen LogP contribution in [0.25, 0.3) is 0 Å². The number of aromatic nitrogens is 1. The molecule has 0 atom stereocenters. The third-order valence-electron chi connectivity index (χ3n) is 2.73. The molecular weight excluding hydrogens is 278 g/mol. The summed E-state index contributed by atoms with van der Waals surface area (Å²) in [6, 6.07) is 7.57. The number of carbonyl (C=O) groups excluding carboxylic acids is 1. The van der Waals surface area contributed by atoms with Gasteiger partial charge in [-0.3, -0.25) is 9.78 Å². The van der Waals surface area contributed by atoms with Crippen molar-refractivity contribution in [3.8, 4) is 0 Å². The molecule has 2 rings (SSSR count). The Morgan fingerprint density at radius 3 is 2.53 bits per heavy atom. The van der Waals surface area contributed by atoms with Gasteiger partial charge in [-0.15, -0.1) is 0 Å². The fourth-order valence-electron chi connectivity index (χ4n) is 1.69. The summed E-state index contributed by atoms with van der Waals surface area (Å²) in [5.41, 5.74) is 3.30. The van der Waals surface area contributed by atoms with E-state index in [1.807, 2.05) is 38.1 Å². The lowest BCUT2D eigenvalue weighted by molar-refractivity contribution is 0.103. The van der Waals surface area contributed by atoms with Gasteiger partial charge in [-0.1, -0.05) is 22.0 Å². The number of halogens is 1. The molecule has 0 aliphatic heterocycles. The van der Waals surface area contributed by atoms with E-state index in [1.165, 1.54) is 0 Å². The molecule has 0 saturated carbocycles. The van der Waals surface area contributed by atoms with Crippen molar-refractivity contribution in [3.05, 3.63) is 63.4 Å². The Kier molecular flexibility index (Phi) is 3.38. The molecule has 0 radical (unpaired) electrons. The maximum atomic E-state index is 12.4. The van der Waals surface area contributed by atoms with Gasteiger partial charge in [-0.05, 0) is 43.2 Å². The van der Waals surface area contributed by atoms with Crippen LogP contribution in [0.3, 0.4) is 0 Å². The zero-order valence-corrected chi connectivity index (χ0v) is 11.3. The summed E-state index contributed by atoms with van der Waals surface area (Å²) in [5.74, 6) is 0.0226. The molecule has 0 saturated heterocycles. The lowest BCUT2D eigenvalue weighted by atomic mass is 9.98. The molecule has 0 aliphatic carbocycles. The van der Waals surface area contributed by atoms with Crippen LogP contribution in [-0.2, 0) is 0 Å². The lowest BCUT2D eigenvalue weighted by Gasteiger charge is -2.07. The standard InChI is InChI=1S/C14H12BrNO/c1-9-3-4-11(15)7-12(9)14(17)13-8-16-6-5-10(13)2/h3-8H,1-2H3. The number of carbonyl (C=O) groups is 1. The molecule has 0 bridgehead atoms. The van der Waals surface area contributed by atoms with E-state index in [4.69, 9.17) is 0 Å². The van der Waals surface area contributed by atoms with Gasteiger partial charge in [0.2, 0.25) is 0 Å². The van der Waals surface area contributed by atoms with E-state index in [1.54, 1.807) is 12.4 Å². The van der Waals surface area contributed by atoms with Crippen LogP contribution in [0.15, 0.2) is 41.1 Å². The average molecular weight is 290 g/mol. The van der Waals surface area contributed by atoms with Gasteiger partial charge in [-0.25, -0.2) is 0 Å². The van der Waals surface area contributed by atoms with Crippen molar-refractivity contribution < 1.29 is 4.79 Å². The summed E-state index contributed by atoms with van der Waals surface area (Å²) in [4.78, 5) is 16.4. The first kappa shape index (κ1) is 12.0. The summed E-state index contributed by atoms with van der Waals surface area (Å²) in [6.45, 7) is 3.85. The minimum Gasteiger partial charge on any atom is -0.289 e. The van der Waals surface area contributed by atoms with Crippen molar-refractivity contribution in [1.82, 2.24) is 4.98 Å². The highest BCUT2D eigenvalue weighted by Crippen LogP contribution is 2.20. The van der Waals surface area contributed by atoms with E-state index in [0.717, 1.165) is 21.2 Å². The molecule has 0 fully saturated rings. The Labute approximate surface area is 109 Å². The van der Waals surface area contributed by atoms with Crippen molar-refractivity contribution in [2.45, 2.75) is 13.8 Å². The largest absolute Gasteiger partial charge is 0.289 e. The van der Waals surface area contributed by atoms with E-state index in [-0.39, 0.29) is 5.78 Å². The van der Waals surface area contributed by atoms with Crippen LogP contribution >= 0.6 is 15.9 Å². The van der Waals surface area contributed by atoms with E-state index in [2.05, 4.69) is 20.9 Å². The molecular formula is C14H12BrNO. The summed E-state index contributed by atoms with van der Waals surface area (Å²) in [5, 5.41) is 0. The second-order valence-corrected chi connectivity index (χ2v) is 4.89. The minimum absolute atomic E-state index is 0.0226. The molecule has 86 valence electrons. The van der Waals surface area contributed by atoms with Gasteiger partial charge in [0.1, 0.15) is 0 Å². The minimum atomic E-state index is 0.0226. The quantitative estimate of drug-likeness (QED) is 0.789. The van der Waals surface area contributed by atoms with Crippen molar-refractivity contribution in [2.24, 2.45) is 0 Å². The molecule has 0 amide bonds. The number of hydrogen-bond acceptors (Lipinski definition) is 2. The molecule has 1 aromatic carbocycles. The maximum absolute atomic E-state index is 12.4. The molecule has 1 heterocycles. The smallest absolute Gasteiger partial charge is 0.195 e. The number of hydrogen-bond donors (Lipinski definition) is 0. The van der Waals surface area contributed by atoms with Crippen LogP contribution in [0.1, 0.15) is 27.0 Å². The van der Waals surface area contributed by atoms with Crippen LogP contribution in [0, 0.1) is 13.8 Å². The van der Waals surface area contributed by atoms with Crippen molar-refractivity contribution in [3.63, 3.8) is 0 Å². The molecule has 0 unspecified atom stereocenters. The first-order valence-electron chi connectivity index (χ1n) is 5.31. The summed E-state index contributed by atoms with van der Waals surface area (Å²) in [6.07, 6.45) is 3.32. The normalized spacial score (nSPS) is 10.3. The third kappa shape index (κ3) is 2.44. The van der Waals surface area contributed by atoms with Crippen LogP contribution in [0.2, 0.25) is 0 Å². The molecule has 0 N–H and O–H groups in total. The fraction of sp³-hybridized carbons (Fsp3) is 0.143. The summed E-state index contributed by atoms with van der Waals surface area (Å²) < 4.78 is 0.910. The Bertz CT molecular complexity index is 578.